The number of nitrogens with two attached hydrogens (primary N) is 1. The number of halogens is 3. The van der Waals surface area contributed by atoms with Gasteiger partial charge < -0.3 is 26.2 Å². The third-order valence-corrected chi connectivity index (χ3v) is 6.19. The van der Waals surface area contributed by atoms with Gasteiger partial charge in [-0.1, -0.05) is 0 Å². The van der Waals surface area contributed by atoms with E-state index < -0.39 is 36.8 Å². The number of aliphatic hydroxyl groups excluding tert-OH is 1. The zero-order chi connectivity index (χ0) is 19.5. The van der Waals surface area contributed by atoms with Crippen LogP contribution in [-0.4, -0.2) is 54.1 Å². The minimum atomic E-state index is -1.23. The highest BCUT2D eigenvalue weighted by atomic mass is 127. The van der Waals surface area contributed by atoms with Gasteiger partial charge in [0.15, 0.2) is 0 Å². The lowest BCUT2D eigenvalue weighted by Crippen LogP contribution is -2.35. The highest BCUT2D eigenvalue weighted by Gasteiger charge is 2.29. The summed E-state index contributed by atoms with van der Waals surface area (Å²) in [5.74, 6) is -3.40. The Hall–Kier alpha value is -0.750. The molecule has 0 bridgehead atoms. The van der Waals surface area contributed by atoms with E-state index in [1.807, 2.05) is 45.2 Å². The van der Waals surface area contributed by atoms with E-state index in [0.717, 1.165) is 4.90 Å². The van der Waals surface area contributed by atoms with Crippen LogP contribution < -0.4 is 16.0 Å². The van der Waals surface area contributed by atoms with Crippen molar-refractivity contribution in [1.29, 1.82) is 0 Å². The zero-order valence-corrected chi connectivity index (χ0v) is 19.1. The largest absolute Gasteiger partial charge is 0.480 e. The summed E-state index contributed by atoms with van der Waals surface area (Å²) in [5, 5.41) is 20.0. The quantitative estimate of drug-likeness (QED) is 0.318. The van der Waals surface area contributed by atoms with Crippen molar-refractivity contribution in [2.45, 2.75) is 0 Å². The maximum Gasteiger partial charge on any atom is 0.322 e. The highest BCUT2D eigenvalue weighted by molar-refractivity contribution is 14.1. The summed E-state index contributed by atoms with van der Waals surface area (Å²) in [4.78, 5) is 47.9. The highest BCUT2D eigenvalue weighted by Crippen LogP contribution is 2.37. The zero-order valence-electron chi connectivity index (χ0n) is 12.6. The average molecular weight is 687 g/mol. The molecule has 0 heterocycles. The van der Waals surface area contributed by atoms with Gasteiger partial charge in [-0.25, -0.2) is 0 Å². The second-order valence-electron chi connectivity index (χ2n) is 4.59. The van der Waals surface area contributed by atoms with Gasteiger partial charge in [-0.3, -0.25) is 19.2 Å². The molecule has 0 unspecified atom stereocenters. The van der Waals surface area contributed by atoms with Crippen LogP contribution in [0.15, 0.2) is 0 Å². The summed E-state index contributed by atoms with van der Waals surface area (Å²) in [6, 6.07) is 0. The summed E-state index contributed by atoms with van der Waals surface area (Å²) in [7, 11) is 1.38. The third-order valence-electron chi connectivity index (χ3n) is 3.01. The van der Waals surface area contributed by atoms with E-state index in [9.17, 15) is 19.2 Å². The molecule has 1 aromatic carbocycles. The summed E-state index contributed by atoms with van der Waals surface area (Å²) in [5.41, 5.74) is 5.70. The number of nitrogens with one attached hydrogen (secondary N) is 1. The SMILES string of the molecule is CN(C(=O)CO)c1c(I)c(C(N)=O)c(I)c(C(=O)NCC(=O)O)c1I. The van der Waals surface area contributed by atoms with Crippen molar-refractivity contribution in [2.75, 3.05) is 25.1 Å². The molecule has 0 spiro atoms. The van der Waals surface area contributed by atoms with Crippen molar-refractivity contribution < 1.29 is 29.4 Å². The molecule has 9 nitrogen and oxygen atoms in total. The van der Waals surface area contributed by atoms with Gasteiger partial charge in [-0.15, -0.1) is 0 Å². The Morgan fingerprint density at radius 3 is 2.04 bits per heavy atom. The van der Waals surface area contributed by atoms with Crippen LogP contribution in [0.25, 0.3) is 0 Å². The Kier molecular flexibility index (Phi) is 8.26. The number of aliphatic carboxylic acids is 1. The summed E-state index contributed by atoms with van der Waals surface area (Å²) in [6.45, 7) is -1.37. The number of benzene rings is 1. The number of carboxylic acids is 1. The normalized spacial score (nSPS) is 10.3. The number of carbonyl (C=O) groups is 4. The molecule has 1 aromatic rings. The summed E-state index contributed by atoms with van der Waals surface area (Å²) < 4.78 is 0.914. The number of anilines is 1. The Morgan fingerprint density at radius 1 is 1.08 bits per heavy atom. The van der Waals surface area contributed by atoms with Gasteiger partial charge in [-0.2, -0.15) is 0 Å². The standard InChI is InChI=1S/C13H12I3N3O6/c1-19(4(21)3-20)11-9(15)6(12(17)24)8(14)7(10(11)16)13(25)18-2-5(22)23/h20H,2-3H2,1H3,(H2,17,24)(H,18,25)(H,22,23). The Bertz CT molecular complexity index is 768. The molecule has 0 fully saturated rings. The van der Waals surface area contributed by atoms with Crippen molar-refractivity contribution in [3.8, 4) is 0 Å². The molecule has 0 aliphatic carbocycles. The lowest BCUT2D eigenvalue weighted by atomic mass is 10.1. The van der Waals surface area contributed by atoms with Crippen molar-refractivity contribution >= 4 is 97.2 Å². The van der Waals surface area contributed by atoms with Gasteiger partial charge in [0.2, 0.25) is 0 Å². The van der Waals surface area contributed by atoms with Gasteiger partial charge in [0.1, 0.15) is 13.2 Å². The molecule has 1 rings (SSSR count). The van der Waals surface area contributed by atoms with Crippen LogP contribution in [0.4, 0.5) is 5.69 Å². The number of rotatable bonds is 6. The van der Waals surface area contributed by atoms with Crippen LogP contribution in [-0.2, 0) is 9.59 Å². The second kappa shape index (κ2) is 9.26. The monoisotopic (exact) mass is 687 g/mol. The van der Waals surface area contributed by atoms with Crippen LogP contribution in [0.2, 0.25) is 0 Å². The van der Waals surface area contributed by atoms with Crippen molar-refractivity contribution in [3.05, 3.63) is 21.8 Å². The number of carboxylic acid groups (broad SMARTS) is 1. The molecule has 12 heteroatoms. The van der Waals surface area contributed by atoms with Gasteiger partial charge in [-0.05, 0) is 67.8 Å². The molecule has 0 saturated heterocycles. The van der Waals surface area contributed by atoms with Gasteiger partial charge in [0.05, 0.1) is 24.0 Å². The van der Waals surface area contributed by atoms with Gasteiger partial charge in [0, 0.05) is 10.6 Å². The first-order chi connectivity index (χ1) is 11.5. The summed E-state index contributed by atoms with van der Waals surface area (Å²) in [6.07, 6.45) is 0. The molecule has 5 N–H and O–H groups in total. The smallest absolute Gasteiger partial charge is 0.322 e. The fraction of sp³-hybridized carbons (Fsp3) is 0.231. The van der Waals surface area contributed by atoms with Crippen LogP contribution in [0.5, 0.6) is 0 Å². The maximum atomic E-state index is 12.4. The molecule has 0 saturated carbocycles. The van der Waals surface area contributed by atoms with E-state index in [4.69, 9.17) is 15.9 Å². The fourth-order valence-electron chi connectivity index (χ4n) is 1.84. The van der Waals surface area contributed by atoms with Crippen molar-refractivity contribution in [3.63, 3.8) is 0 Å². The first kappa shape index (κ1) is 22.3. The van der Waals surface area contributed by atoms with E-state index in [2.05, 4.69) is 5.32 Å². The van der Waals surface area contributed by atoms with E-state index in [1.165, 1.54) is 7.05 Å². The van der Waals surface area contributed by atoms with Gasteiger partial charge in [0.25, 0.3) is 17.7 Å². The van der Waals surface area contributed by atoms with E-state index >= 15 is 0 Å². The Labute approximate surface area is 183 Å². The molecular formula is C13H12I3N3O6. The molecule has 136 valence electrons. The van der Waals surface area contributed by atoms with E-state index in [0.29, 0.717) is 7.14 Å². The lowest BCUT2D eigenvalue weighted by molar-refractivity contribution is -0.135. The fourth-order valence-corrected chi connectivity index (χ4v) is 6.75. The number of primary amides is 1. The van der Waals surface area contributed by atoms with Crippen LogP contribution in [0.1, 0.15) is 20.7 Å². The van der Waals surface area contributed by atoms with E-state index in [-0.39, 0.29) is 20.4 Å². The molecule has 3 amide bonds. The van der Waals surface area contributed by atoms with E-state index in [1.54, 1.807) is 22.6 Å². The predicted molar refractivity (Wildman–Crippen MR) is 114 cm³/mol. The first-order valence-corrected chi connectivity index (χ1v) is 9.65. The maximum absolute atomic E-state index is 12.4. The lowest BCUT2D eigenvalue weighted by Gasteiger charge is -2.24. The van der Waals surface area contributed by atoms with Crippen molar-refractivity contribution in [2.24, 2.45) is 5.73 Å². The number of amides is 3. The predicted octanol–water partition coefficient (Wildman–Crippen LogP) is 0.369. The first-order valence-electron chi connectivity index (χ1n) is 6.42. The number of likely N-dealkylation sites (N-methyl/N-ethyl adjacent to an activating group) is 1. The average Bonchev–Trinajstić information content (AvgIpc) is 2.51. The molecule has 0 aromatic heterocycles. The number of hydrogen-bond acceptors (Lipinski definition) is 5. The topological polar surface area (TPSA) is 150 Å². The number of aliphatic hydroxyl groups is 1. The minimum absolute atomic E-state index is 0.0317. The molecule has 0 aliphatic heterocycles. The van der Waals surface area contributed by atoms with Crippen LogP contribution >= 0.6 is 67.8 Å². The Morgan fingerprint density at radius 2 is 1.60 bits per heavy atom. The van der Waals surface area contributed by atoms with Crippen LogP contribution in [0, 0.1) is 10.7 Å². The van der Waals surface area contributed by atoms with Crippen LogP contribution in [0.3, 0.4) is 0 Å². The summed E-state index contributed by atoms with van der Waals surface area (Å²) >= 11 is 5.43. The molecule has 0 radical (unpaired) electrons. The number of carbonyl (C=O) groups excluding carboxylic acids is 3. The minimum Gasteiger partial charge on any atom is -0.480 e. The Balaban J connectivity index is 3.69. The van der Waals surface area contributed by atoms with Gasteiger partial charge >= 0.3 is 5.97 Å². The molecule has 0 aliphatic rings. The molecule has 25 heavy (non-hydrogen) atoms. The second-order valence-corrected chi connectivity index (χ2v) is 7.83. The third kappa shape index (κ3) is 4.91. The molecule has 0 atom stereocenters. The number of hydrogen-bond donors (Lipinski definition) is 4. The molecular weight excluding hydrogens is 675 g/mol. The number of nitrogens with zero attached hydrogens (tertiary/aromatic N) is 1. The van der Waals surface area contributed by atoms with Crippen molar-refractivity contribution in [1.82, 2.24) is 5.32 Å².